The highest BCUT2D eigenvalue weighted by Crippen LogP contribution is 2.46. The van der Waals surface area contributed by atoms with E-state index in [0.717, 1.165) is 49.9 Å². The van der Waals surface area contributed by atoms with Gasteiger partial charge in [-0.3, -0.25) is 9.59 Å². The van der Waals surface area contributed by atoms with Crippen LogP contribution in [0.25, 0.3) is 11.5 Å². The molecule has 1 aromatic heterocycles. The molecular formula is C40H43F5N4O4. The molecule has 13 heteroatoms. The van der Waals surface area contributed by atoms with E-state index in [1.807, 2.05) is 4.90 Å². The van der Waals surface area contributed by atoms with E-state index < -0.39 is 47.0 Å². The molecule has 2 aliphatic rings. The number of alkyl halides is 3. The van der Waals surface area contributed by atoms with Gasteiger partial charge in [0.1, 0.15) is 17.9 Å². The van der Waals surface area contributed by atoms with Gasteiger partial charge in [0.25, 0.3) is 11.8 Å². The van der Waals surface area contributed by atoms with Gasteiger partial charge in [-0.2, -0.15) is 13.2 Å². The maximum atomic E-state index is 14.3. The van der Waals surface area contributed by atoms with E-state index in [1.165, 1.54) is 18.5 Å². The van der Waals surface area contributed by atoms with Gasteiger partial charge in [-0.15, -0.1) is 0 Å². The summed E-state index contributed by atoms with van der Waals surface area (Å²) in [5, 5.41) is 17.6. The number of hydrogen-bond donors (Lipinski definition) is 3. The second-order valence-corrected chi connectivity index (χ2v) is 14.0. The molecule has 6 rings (SSSR count). The number of aliphatic hydroxyl groups is 1. The molecule has 1 aliphatic carbocycles. The van der Waals surface area contributed by atoms with Crippen molar-refractivity contribution in [1.82, 2.24) is 20.5 Å². The molecular weight excluding hydrogens is 695 g/mol. The number of carbonyl (C=O) groups excluding carboxylic acids is 2. The number of hydrogen-bond acceptors (Lipinski definition) is 6. The van der Waals surface area contributed by atoms with Crippen molar-refractivity contribution in [3.05, 3.63) is 112 Å². The molecule has 3 N–H and O–H groups in total. The molecule has 0 radical (unpaired) electrons. The van der Waals surface area contributed by atoms with Crippen molar-refractivity contribution in [2.24, 2.45) is 0 Å². The summed E-state index contributed by atoms with van der Waals surface area (Å²) in [4.78, 5) is 34.5. The van der Waals surface area contributed by atoms with Gasteiger partial charge >= 0.3 is 6.18 Å². The third kappa shape index (κ3) is 8.62. The Hall–Kier alpha value is -4.62. The van der Waals surface area contributed by atoms with Crippen LogP contribution in [0.2, 0.25) is 0 Å². The summed E-state index contributed by atoms with van der Waals surface area (Å²) in [6.45, 7) is 4.40. The summed E-state index contributed by atoms with van der Waals surface area (Å²) in [7, 11) is 0. The Morgan fingerprint density at radius 1 is 1.04 bits per heavy atom. The molecule has 0 spiro atoms. The third-order valence-corrected chi connectivity index (χ3v) is 10.3. The monoisotopic (exact) mass is 738 g/mol. The van der Waals surface area contributed by atoms with E-state index in [1.54, 1.807) is 18.2 Å². The number of carbonyl (C=O) groups is 2. The Kier molecular flexibility index (Phi) is 11.3. The summed E-state index contributed by atoms with van der Waals surface area (Å²) in [5.41, 5.74) is 0.429. The number of nitrogens with one attached hydrogen (secondary N) is 2. The fourth-order valence-electron chi connectivity index (χ4n) is 7.42. The van der Waals surface area contributed by atoms with Gasteiger partial charge in [-0.05, 0) is 91.6 Å². The minimum absolute atomic E-state index is 0.0395. The van der Waals surface area contributed by atoms with Gasteiger partial charge < -0.3 is 25.1 Å². The molecule has 8 nitrogen and oxygen atoms in total. The predicted octanol–water partition coefficient (Wildman–Crippen LogP) is 7.59. The van der Waals surface area contributed by atoms with E-state index in [2.05, 4.69) is 29.5 Å². The zero-order valence-electron chi connectivity index (χ0n) is 29.6. The minimum Gasteiger partial charge on any atom is -0.445 e. The average molecular weight is 739 g/mol. The summed E-state index contributed by atoms with van der Waals surface area (Å²) in [6, 6.07) is 10.1. The molecule has 1 saturated carbocycles. The van der Waals surface area contributed by atoms with E-state index in [9.17, 15) is 36.6 Å². The second-order valence-electron chi connectivity index (χ2n) is 14.0. The molecule has 0 saturated heterocycles. The zero-order chi connectivity index (χ0) is 37.9. The Morgan fingerprint density at radius 3 is 2.38 bits per heavy atom. The van der Waals surface area contributed by atoms with Crippen LogP contribution in [0.3, 0.4) is 0 Å². The molecule has 0 unspecified atom stereocenters. The van der Waals surface area contributed by atoms with Crippen LogP contribution in [0.4, 0.5) is 22.0 Å². The number of nitrogens with zero attached hydrogens (tertiary/aromatic N) is 2. The number of rotatable bonds is 15. The van der Waals surface area contributed by atoms with Crippen LogP contribution in [0, 0.1) is 11.6 Å². The van der Waals surface area contributed by atoms with Crippen molar-refractivity contribution >= 4 is 11.8 Å². The highest BCUT2D eigenvalue weighted by molar-refractivity contribution is 6.04. The van der Waals surface area contributed by atoms with Crippen molar-refractivity contribution in [1.29, 1.82) is 0 Å². The molecule has 282 valence electrons. The van der Waals surface area contributed by atoms with Crippen LogP contribution < -0.4 is 10.6 Å². The summed E-state index contributed by atoms with van der Waals surface area (Å²) in [6.07, 6.45) is 1.70. The molecule has 3 aromatic carbocycles. The van der Waals surface area contributed by atoms with Crippen LogP contribution in [-0.2, 0) is 24.6 Å². The summed E-state index contributed by atoms with van der Waals surface area (Å²) in [5.74, 6) is -2.31. The van der Waals surface area contributed by atoms with Crippen molar-refractivity contribution in [3.63, 3.8) is 0 Å². The molecule has 2 heterocycles. The number of amides is 2. The van der Waals surface area contributed by atoms with E-state index in [-0.39, 0.29) is 41.9 Å². The first-order valence-corrected chi connectivity index (χ1v) is 18.1. The average Bonchev–Trinajstić information content (AvgIpc) is 3.71. The van der Waals surface area contributed by atoms with Crippen LogP contribution in [0.1, 0.15) is 95.3 Å². The lowest BCUT2D eigenvalue weighted by Crippen LogP contribution is -2.50. The van der Waals surface area contributed by atoms with Crippen LogP contribution in [0.5, 0.6) is 0 Å². The van der Waals surface area contributed by atoms with E-state index in [4.69, 9.17) is 4.42 Å². The zero-order valence-corrected chi connectivity index (χ0v) is 29.6. The van der Waals surface area contributed by atoms with Crippen LogP contribution in [0.15, 0.2) is 71.5 Å². The summed E-state index contributed by atoms with van der Waals surface area (Å²) < 4.78 is 74.6. The van der Waals surface area contributed by atoms with Gasteiger partial charge in [0, 0.05) is 47.4 Å². The van der Waals surface area contributed by atoms with E-state index in [0.29, 0.717) is 54.1 Å². The fourth-order valence-corrected chi connectivity index (χ4v) is 7.42. The van der Waals surface area contributed by atoms with E-state index >= 15 is 0 Å². The Bertz CT molecular complexity index is 1900. The molecule has 2 amide bonds. The van der Waals surface area contributed by atoms with Gasteiger partial charge in [0.15, 0.2) is 0 Å². The number of fused-ring (bicyclic) bond motifs is 1. The predicted molar refractivity (Wildman–Crippen MR) is 188 cm³/mol. The highest BCUT2D eigenvalue weighted by Gasteiger charge is 2.45. The van der Waals surface area contributed by atoms with Crippen LogP contribution >= 0.6 is 0 Å². The van der Waals surface area contributed by atoms with Crippen molar-refractivity contribution < 1.29 is 41.1 Å². The minimum atomic E-state index is -4.53. The fraction of sp³-hybridized carbons (Fsp3) is 0.425. The summed E-state index contributed by atoms with van der Waals surface area (Å²) >= 11 is 0. The topological polar surface area (TPSA) is 108 Å². The van der Waals surface area contributed by atoms with Crippen molar-refractivity contribution in [2.45, 2.75) is 95.1 Å². The Balaban J connectivity index is 1.30. The SMILES string of the molecule is CCCC(CCC)N1CCc2c(C(=O)N[C@@H](Cc3cc(F)cc(F)c3)[C@H](O)CNC3(c4cccc(C(F)(F)F)c4)CC3)cc(-c3ncco3)cc2C1=O. The maximum Gasteiger partial charge on any atom is 0.416 e. The first-order chi connectivity index (χ1) is 25.3. The molecule has 1 aliphatic heterocycles. The first kappa shape index (κ1) is 38.1. The molecule has 0 bridgehead atoms. The van der Waals surface area contributed by atoms with Gasteiger partial charge in [0.05, 0.1) is 23.9 Å². The van der Waals surface area contributed by atoms with Gasteiger partial charge in [-0.25, -0.2) is 13.8 Å². The Labute approximate surface area is 304 Å². The lowest BCUT2D eigenvalue weighted by molar-refractivity contribution is -0.137. The smallest absolute Gasteiger partial charge is 0.416 e. The number of aliphatic hydroxyl groups excluding tert-OH is 1. The molecule has 53 heavy (non-hydrogen) atoms. The molecule has 1 fully saturated rings. The number of benzene rings is 3. The number of halogens is 5. The molecule has 2 atom stereocenters. The standard InChI is InChI=1S/C40H43F5N4O4/c1-3-6-30(7-4-2)49-14-10-31-32(19-25(20-33(31)38(49)52)37-46-13-15-53-37)36(51)48-34(18-24-16-28(41)22-29(42)17-24)35(50)23-47-39(11-12-39)26-8-5-9-27(21-26)40(43,44)45/h5,8-9,13,15-17,19-22,30,34-35,47,50H,3-4,6-7,10-12,14,18,23H2,1-2H3,(H,48,51)/t34-,35+/m0/s1. The largest absolute Gasteiger partial charge is 0.445 e. The van der Waals surface area contributed by atoms with Gasteiger partial charge in [0.2, 0.25) is 5.89 Å². The number of aromatic nitrogens is 1. The molecule has 4 aromatic rings. The maximum absolute atomic E-state index is 14.3. The van der Waals surface area contributed by atoms with Crippen molar-refractivity contribution in [2.75, 3.05) is 13.1 Å². The van der Waals surface area contributed by atoms with Gasteiger partial charge in [-0.1, -0.05) is 38.8 Å². The van der Waals surface area contributed by atoms with Crippen LogP contribution in [-0.4, -0.2) is 58.1 Å². The van der Waals surface area contributed by atoms with Crippen molar-refractivity contribution in [3.8, 4) is 11.5 Å². The lowest BCUT2D eigenvalue weighted by atomic mass is 9.89. The Morgan fingerprint density at radius 2 is 1.75 bits per heavy atom. The number of oxazole rings is 1. The highest BCUT2D eigenvalue weighted by atomic mass is 19.4. The normalized spacial score (nSPS) is 16.4. The second kappa shape index (κ2) is 15.8. The third-order valence-electron chi connectivity index (χ3n) is 10.3. The first-order valence-electron chi connectivity index (χ1n) is 18.1. The quantitative estimate of drug-likeness (QED) is 0.109. The lowest BCUT2D eigenvalue weighted by Gasteiger charge is -2.36.